The van der Waals surface area contributed by atoms with Gasteiger partial charge in [-0.05, 0) is 60.5 Å². The van der Waals surface area contributed by atoms with Crippen LogP contribution in [-0.4, -0.2) is 26.8 Å². The van der Waals surface area contributed by atoms with Crippen molar-refractivity contribution in [1.82, 2.24) is 10.9 Å². The highest BCUT2D eigenvalue weighted by Gasteiger charge is 2.30. The van der Waals surface area contributed by atoms with E-state index in [2.05, 4.69) is 10.9 Å². The molecule has 0 unspecified atom stereocenters. The maximum Gasteiger partial charge on any atom is 0.269 e. The number of carbonyl (C=O) groups is 2. The van der Waals surface area contributed by atoms with E-state index in [0.29, 0.717) is 18.7 Å². The van der Waals surface area contributed by atoms with Crippen LogP contribution in [0, 0.1) is 5.82 Å². The summed E-state index contributed by atoms with van der Waals surface area (Å²) in [6, 6.07) is 17.7. The molecule has 0 spiro atoms. The zero-order chi connectivity index (χ0) is 22.0. The van der Waals surface area contributed by atoms with Gasteiger partial charge in [0.05, 0.1) is 10.6 Å². The molecule has 1 aliphatic heterocycles. The van der Waals surface area contributed by atoms with Crippen molar-refractivity contribution < 1.29 is 22.4 Å². The monoisotopic (exact) mass is 439 g/mol. The summed E-state index contributed by atoms with van der Waals surface area (Å²) < 4.78 is 40.6. The van der Waals surface area contributed by atoms with Crippen LogP contribution in [0.4, 0.5) is 10.1 Å². The number of hydrogen-bond donors (Lipinski definition) is 2. The molecular formula is C22H18FN3O4S. The Morgan fingerprint density at radius 3 is 2.26 bits per heavy atom. The molecule has 0 saturated carbocycles. The molecule has 3 aromatic rings. The van der Waals surface area contributed by atoms with Gasteiger partial charge >= 0.3 is 0 Å². The molecule has 2 N–H and O–H groups in total. The second-order valence-corrected chi connectivity index (χ2v) is 8.76. The lowest BCUT2D eigenvalue weighted by molar-refractivity contribution is 0.0846. The minimum atomic E-state index is -3.86. The molecule has 0 bridgehead atoms. The van der Waals surface area contributed by atoms with Gasteiger partial charge in [0.25, 0.3) is 21.8 Å². The number of nitrogens with zero attached hydrogens (tertiary/aromatic N) is 1. The summed E-state index contributed by atoms with van der Waals surface area (Å²) in [5.74, 6) is -1.81. The number of anilines is 1. The number of fused-ring (bicyclic) bond motifs is 1. The zero-order valence-corrected chi connectivity index (χ0v) is 17.0. The Morgan fingerprint density at radius 2 is 1.52 bits per heavy atom. The zero-order valence-electron chi connectivity index (χ0n) is 16.2. The summed E-state index contributed by atoms with van der Waals surface area (Å²) >= 11 is 0. The van der Waals surface area contributed by atoms with Crippen molar-refractivity contribution in [3.8, 4) is 0 Å². The Balaban J connectivity index is 1.49. The van der Waals surface area contributed by atoms with Crippen LogP contribution in [0.1, 0.15) is 26.3 Å². The number of benzene rings is 3. The number of rotatable bonds is 4. The average Bonchev–Trinajstić information content (AvgIpc) is 3.23. The van der Waals surface area contributed by atoms with E-state index in [1.165, 1.54) is 40.7 Å². The largest absolute Gasteiger partial charge is 0.269 e. The van der Waals surface area contributed by atoms with Gasteiger partial charge in [0.2, 0.25) is 0 Å². The SMILES string of the molecule is O=C(NNC(=O)c1cccc(S(=O)(=O)N2CCc3ccccc32)c1)c1ccc(F)cc1. The summed E-state index contributed by atoms with van der Waals surface area (Å²) in [4.78, 5) is 24.5. The lowest BCUT2D eigenvalue weighted by Gasteiger charge is -2.20. The van der Waals surface area contributed by atoms with E-state index in [9.17, 15) is 22.4 Å². The predicted molar refractivity (Wildman–Crippen MR) is 112 cm³/mol. The molecule has 3 aromatic carbocycles. The highest BCUT2D eigenvalue weighted by atomic mass is 32.2. The van der Waals surface area contributed by atoms with Crippen LogP contribution in [0.15, 0.2) is 77.7 Å². The Morgan fingerprint density at radius 1 is 0.839 bits per heavy atom. The topological polar surface area (TPSA) is 95.6 Å². The first-order valence-corrected chi connectivity index (χ1v) is 10.9. The molecule has 0 atom stereocenters. The molecule has 7 nitrogen and oxygen atoms in total. The van der Waals surface area contributed by atoms with Gasteiger partial charge in [0, 0.05) is 17.7 Å². The molecular weight excluding hydrogens is 421 g/mol. The number of halogens is 1. The standard InChI is InChI=1S/C22H18FN3O4S/c23-18-10-8-16(9-11-18)21(27)24-25-22(28)17-5-3-6-19(14-17)31(29,30)26-13-12-15-4-1-2-7-20(15)26/h1-11,14H,12-13H2,(H,24,27)(H,25,28). The molecule has 9 heteroatoms. The Labute approximate surface area is 178 Å². The summed E-state index contributed by atoms with van der Waals surface area (Å²) in [7, 11) is -3.86. The van der Waals surface area contributed by atoms with Gasteiger partial charge in [-0.15, -0.1) is 0 Å². The third kappa shape index (κ3) is 4.13. The van der Waals surface area contributed by atoms with E-state index < -0.39 is 27.7 Å². The molecule has 4 rings (SSSR count). The van der Waals surface area contributed by atoms with Crippen LogP contribution < -0.4 is 15.2 Å². The Kier molecular flexibility index (Phi) is 5.43. The second-order valence-electron chi connectivity index (χ2n) is 6.90. The third-order valence-corrected chi connectivity index (χ3v) is 6.73. The summed E-state index contributed by atoms with van der Waals surface area (Å²) in [5.41, 5.74) is 6.25. The number of para-hydroxylation sites is 1. The minimum absolute atomic E-state index is 0.0262. The fourth-order valence-corrected chi connectivity index (χ4v) is 4.89. The van der Waals surface area contributed by atoms with Crippen molar-refractivity contribution >= 4 is 27.5 Å². The highest BCUT2D eigenvalue weighted by Crippen LogP contribution is 2.32. The molecule has 1 heterocycles. The van der Waals surface area contributed by atoms with Crippen molar-refractivity contribution in [2.75, 3.05) is 10.8 Å². The average molecular weight is 439 g/mol. The predicted octanol–water partition coefficient (Wildman–Crippen LogP) is 2.65. The van der Waals surface area contributed by atoms with Crippen LogP contribution >= 0.6 is 0 Å². The maximum atomic E-state index is 13.1. The fourth-order valence-electron chi connectivity index (χ4n) is 3.34. The molecule has 0 aliphatic carbocycles. The molecule has 0 radical (unpaired) electrons. The van der Waals surface area contributed by atoms with E-state index in [0.717, 1.165) is 17.7 Å². The third-order valence-electron chi connectivity index (χ3n) is 4.92. The van der Waals surface area contributed by atoms with E-state index >= 15 is 0 Å². The number of hydrazine groups is 1. The van der Waals surface area contributed by atoms with Gasteiger partial charge in [0.15, 0.2) is 0 Å². The second kappa shape index (κ2) is 8.19. The molecule has 0 saturated heterocycles. The van der Waals surface area contributed by atoms with Gasteiger partial charge in [-0.3, -0.25) is 24.7 Å². The molecule has 158 valence electrons. The normalized spacial score (nSPS) is 12.9. The van der Waals surface area contributed by atoms with Gasteiger partial charge in [-0.1, -0.05) is 24.3 Å². The van der Waals surface area contributed by atoms with Crippen molar-refractivity contribution in [2.45, 2.75) is 11.3 Å². The van der Waals surface area contributed by atoms with Crippen molar-refractivity contribution in [1.29, 1.82) is 0 Å². The molecule has 31 heavy (non-hydrogen) atoms. The summed E-state index contributed by atoms with van der Waals surface area (Å²) in [5, 5.41) is 0. The van der Waals surface area contributed by atoms with E-state index in [1.807, 2.05) is 12.1 Å². The molecule has 0 fully saturated rings. The van der Waals surface area contributed by atoms with Crippen LogP contribution in [0.5, 0.6) is 0 Å². The van der Waals surface area contributed by atoms with Crippen LogP contribution in [0.25, 0.3) is 0 Å². The van der Waals surface area contributed by atoms with Gasteiger partial charge < -0.3 is 0 Å². The van der Waals surface area contributed by atoms with Gasteiger partial charge in [0.1, 0.15) is 5.82 Å². The first-order chi connectivity index (χ1) is 14.9. The number of hydrogen-bond acceptors (Lipinski definition) is 4. The first-order valence-electron chi connectivity index (χ1n) is 9.43. The van der Waals surface area contributed by atoms with E-state index in [1.54, 1.807) is 12.1 Å². The van der Waals surface area contributed by atoms with Crippen molar-refractivity contribution in [3.63, 3.8) is 0 Å². The lowest BCUT2D eigenvalue weighted by atomic mass is 10.2. The maximum absolute atomic E-state index is 13.1. The van der Waals surface area contributed by atoms with Crippen molar-refractivity contribution in [2.24, 2.45) is 0 Å². The smallest absolute Gasteiger partial charge is 0.267 e. The quantitative estimate of drug-likeness (QED) is 0.611. The minimum Gasteiger partial charge on any atom is -0.267 e. The Bertz CT molecular complexity index is 1260. The number of sulfonamides is 1. The Hall–Kier alpha value is -3.72. The summed E-state index contributed by atoms with van der Waals surface area (Å²) in [6.07, 6.45) is 0.616. The molecule has 1 aliphatic rings. The van der Waals surface area contributed by atoms with Crippen LogP contribution in [0.2, 0.25) is 0 Å². The van der Waals surface area contributed by atoms with Crippen LogP contribution in [-0.2, 0) is 16.4 Å². The fraction of sp³-hybridized carbons (Fsp3) is 0.0909. The van der Waals surface area contributed by atoms with Crippen molar-refractivity contribution in [3.05, 3.63) is 95.3 Å². The van der Waals surface area contributed by atoms with Crippen LogP contribution in [0.3, 0.4) is 0 Å². The van der Waals surface area contributed by atoms with Gasteiger partial charge in [-0.2, -0.15) is 0 Å². The number of carbonyl (C=O) groups excluding carboxylic acids is 2. The molecule has 2 amide bonds. The van der Waals surface area contributed by atoms with E-state index in [4.69, 9.17) is 0 Å². The van der Waals surface area contributed by atoms with Gasteiger partial charge in [-0.25, -0.2) is 12.8 Å². The number of amides is 2. The first kappa shape index (κ1) is 20.5. The number of nitrogens with one attached hydrogen (secondary N) is 2. The molecule has 0 aromatic heterocycles. The van der Waals surface area contributed by atoms with E-state index in [-0.39, 0.29) is 16.0 Å². The highest BCUT2D eigenvalue weighted by molar-refractivity contribution is 7.92. The summed E-state index contributed by atoms with van der Waals surface area (Å²) in [6.45, 7) is 0.325. The lowest BCUT2D eigenvalue weighted by Crippen LogP contribution is -2.41.